The van der Waals surface area contributed by atoms with Crippen LogP contribution < -0.4 is 5.32 Å². The second kappa shape index (κ2) is 5.74. The molecule has 0 aliphatic heterocycles. The fourth-order valence-electron chi connectivity index (χ4n) is 2.24. The molecule has 0 aliphatic carbocycles. The Bertz CT molecular complexity index is 706. The summed E-state index contributed by atoms with van der Waals surface area (Å²) in [6.07, 6.45) is 4.85. The summed E-state index contributed by atoms with van der Waals surface area (Å²) in [4.78, 5) is 5.62. The molecule has 1 N–H and O–H groups in total. The van der Waals surface area contributed by atoms with Gasteiger partial charge in [-0.25, -0.2) is 4.98 Å². The van der Waals surface area contributed by atoms with Crippen molar-refractivity contribution in [3.05, 3.63) is 57.3 Å². The predicted octanol–water partition coefficient (Wildman–Crippen LogP) is 4.21. The van der Waals surface area contributed by atoms with Gasteiger partial charge in [0.1, 0.15) is 0 Å². The van der Waals surface area contributed by atoms with Gasteiger partial charge >= 0.3 is 0 Å². The molecule has 0 amide bonds. The summed E-state index contributed by atoms with van der Waals surface area (Å²) in [5.41, 5.74) is 2.08. The fourth-order valence-corrected chi connectivity index (χ4v) is 3.49. The lowest BCUT2D eigenvalue weighted by atomic mass is 10.0. The van der Waals surface area contributed by atoms with Crippen molar-refractivity contribution in [2.24, 2.45) is 0 Å². The van der Waals surface area contributed by atoms with Crippen molar-refractivity contribution in [1.29, 1.82) is 0 Å². The first-order valence-corrected chi connectivity index (χ1v) is 7.84. The summed E-state index contributed by atoms with van der Waals surface area (Å²) in [5, 5.41) is 6.64. The summed E-state index contributed by atoms with van der Waals surface area (Å²) in [7, 11) is 1.92. The molecule has 1 atom stereocenters. The van der Waals surface area contributed by atoms with Crippen molar-refractivity contribution >= 4 is 39.5 Å². The molecule has 3 nitrogen and oxygen atoms in total. The minimum absolute atomic E-state index is 0.115. The SMILES string of the molecule is CNC(Cc1cn2ccsc2n1)c1ccc(Cl)cc1Cl. The highest BCUT2D eigenvalue weighted by atomic mass is 35.5. The van der Waals surface area contributed by atoms with E-state index in [9.17, 15) is 0 Å². The Kier molecular flexibility index (Phi) is 3.98. The van der Waals surface area contributed by atoms with Gasteiger partial charge in [0.25, 0.3) is 0 Å². The Morgan fingerprint density at radius 3 is 2.95 bits per heavy atom. The van der Waals surface area contributed by atoms with Gasteiger partial charge in [0.05, 0.1) is 5.69 Å². The third-order valence-electron chi connectivity index (χ3n) is 3.24. The number of halogens is 2. The molecule has 104 valence electrons. The number of likely N-dealkylation sites (N-methyl/N-ethyl adjacent to an activating group) is 1. The first-order valence-electron chi connectivity index (χ1n) is 6.20. The molecule has 2 aromatic heterocycles. The van der Waals surface area contributed by atoms with Crippen molar-refractivity contribution in [1.82, 2.24) is 14.7 Å². The van der Waals surface area contributed by atoms with Crippen LogP contribution in [0.2, 0.25) is 10.0 Å². The van der Waals surface area contributed by atoms with E-state index in [0.717, 1.165) is 22.6 Å². The molecule has 0 radical (unpaired) electrons. The maximum Gasteiger partial charge on any atom is 0.193 e. The number of nitrogens with zero attached hydrogens (tertiary/aromatic N) is 2. The van der Waals surface area contributed by atoms with E-state index in [0.29, 0.717) is 10.0 Å². The van der Waals surface area contributed by atoms with Crippen LogP contribution in [0.1, 0.15) is 17.3 Å². The maximum absolute atomic E-state index is 6.28. The Balaban J connectivity index is 1.88. The van der Waals surface area contributed by atoms with Gasteiger partial charge in [0, 0.05) is 40.3 Å². The molecule has 0 saturated heterocycles. The average Bonchev–Trinajstić information content (AvgIpc) is 2.97. The van der Waals surface area contributed by atoms with Crippen molar-refractivity contribution < 1.29 is 0 Å². The van der Waals surface area contributed by atoms with Crippen LogP contribution in [-0.2, 0) is 6.42 Å². The molecule has 2 heterocycles. The second-order valence-electron chi connectivity index (χ2n) is 4.54. The Hall–Kier alpha value is -1.07. The lowest BCUT2D eigenvalue weighted by molar-refractivity contribution is 0.586. The lowest BCUT2D eigenvalue weighted by Gasteiger charge is -2.17. The number of nitrogens with one attached hydrogen (secondary N) is 1. The topological polar surface area (TPSA) is 29.3 Å². The average molecular weight is 326 g/mol. The standard InChI is InChI=1S/C14H13Cl2N3S/c1-17-13(11-3-2-9(15)6-12(11)16)7-10-8-19-4-5-20-14(19)18-10/h2-6,8,13,17H,7H2,1H3. The number of rotatable bonds is 4. The van der Waals surface area contributed by atoms with E-state index in [1.165, 1.54) is 0 Å². The Labute approximate surface area is 131 Å². The smallest absolute Gasteiger partial charge is 0.193 e. The van der Waals surface area contributed by atoms with E-state index in [1.54, 1.807) is 17.4 Å². The van der Waals surface area contributed by atoms with Crippen LogP contribution in [0.15, 0.2) is 36.0 Å². The monoisotopic (exact) mass is 325 g/mol. The maximum atomic E-state index is 6.28. The molecule has 3 aromatic rings. The zero-order valence-electron chi connectivity index (χ0n) is 10.8. The highest BCUT2D eigenvalue weighted by Crippen LogP contribution is 2.28. The van der Waals surface area contributed by atoms with Gasteiger partial charge in [-0.2, -0.15) is 0 Å². The summed E-state index contributed by atoms with van der Waals surface area (Å²) >= 11 is 13.9. The van der Waals surface area contributed by atoms with E-state index in [4.69, 9.17) is 23.2 Å². The van der Waals surface area contributed by atoms with E-state index < -0.39 is 0 Å². The van der Waals surface area contributed by atoms with Crippen molar-refractivity contribution in [3.8, 4) is 0 Å². The molecule has 0 bridgehead atoms. The molecule has 3 rings (SSSR count). The van der Waals surface area contributed by atoms with Crippen molar-refractivity contribution in [2.75, 3.05) is 7.05 Å². The first-order chi connectivity index (χ1) is 9.67. The van der Waals surface area contributed by atoms with Crippen LogP contribution in [0.5, 0.6) is 0 Å². The third-order valence-corrected chi connectivity index (χ3v) is 4.58. The first kappa shape index (κ1) is 13.9. The van der Waals surface area contributed by atoms with E-state index >= 15 is 0 Å². The Morgan fingerprint density at radius 1 is 1.40 bits per heavy atom. The largest absolute Gasteiger partial charge is 0.313 e. The number of hydrogen-bond donors (Lipinski definition) is 1. The highest BCUT2D eigenvalue weighted by molar-refractivity contribution is 7.15. The highest BCUT2D eigenvalue weighted by Gasteiger charge is 2.16. The molecule has 0 spiro atoms. The minimum atomic E-state index is 0.115. The summed E-state index contributed by atoms with van der Waals surface area (Å²) in [5.74, 6) is 0. The molecule has 20 heavy (non-hydrogen) atoms. The van der Waals surface area contributed by atoms with Gasteiger partial charge in [0.15, 0.2) is 4.96 Å². The number of thiazole rings is 1. The van der Waals surface area contributed by atoms with Gasteiger partial charge in [-0.1, -0.05) is 29.3 Å². The fraction of sp³-hybridized carbons (Fsp3) is 0.214. The van der Waals surface area contributed by atoms with Crippen LogP contribution >= 0.6 is 34.5 Å². The van der Waals surface area contributed by atoms with Crippen LogP contribution in [0.25, 0.3) is 4.96 Å². The van der Waals surface area contributed by atoms with Crippen LogP contribution in [-0.4, -0.2) is 16.4 Å². The zero-order valence-corrected chi connectivity index (χ0v) is 13.1. The summed E-state index contributed by atoms with van der Waals surface area (Å²) < 4.78 is 2.04. The molecule has 0 aliphatic rings. The van der Waals surface area contributed by atoms with Gasteiger partial charge < -0.3 is 5.32 Å². The van der Waals surface area contributed by atoms with Crippen molar-refractivity contribution in [2.45, 2.75) is 12.5 Å². The summed E-state index contributed by atoms with van der Waals surface area (Å²) in [6, 6.07) is 5.71. The van der Waals surface area contributed by atoms with Crippen LogP contribution in [0.3, 0.4) is 0 Å². The van der Waals surface area contributed by atoms with Gasteiger partial charge in [-0.3, -0.25) is 4.40 Å². The van der Waals surface area contributed by atoms with Gasteiger partial charge in [0.2, 0.25) is 0 Å². The molecule has 1 aromatic carbocycles. The lowest BCUT2D eigenvalue weighted by Crippen LogP contribution is -2.19. The number of hydrogen-bond acceptors (Lipinski definition) is 3. The van der Waals surface area contributed by atoms with Crippen molar-refractivity contribution in [3.63, 3.8) is 0 Å². The molecule has 0 saturated carbocycles. The summed E-state index contributed by atoms with van der Waals surface area (Å²) in [6.45, 7) is 0. The molecular formula is C14H13Cl2N3S. The quantitative estimate of drug-likeness (QED) is 0.778. The third kappa shape index (κ3) is 2.69. The Morgan fingerprint density at radius 2 is 2.25 bits per heavy atom. The van der Waals surface area contributed by atoms with E-state index in [2.05, 4.69) is 16.5 Å². The number of fused-ring (bicyclic) bond motifs is 1. The molecule has 6 heteroatoms. The second-order valence-corrected chi connectivity index (χ2v) is 6.25. The number of benzene rings is 1. The van der Waals surface area contributed by atoms with Crippen LogP contribution in [0, 0.1) is 0 Å². The minimum Gasteiger partial charge on any atom is -0.313 e. The van der Waals surface area contributed by atoms with Gasteiger partial charge in [-0.15, -0.1) is 11.3 Å². The van der Waals surface area contributed by atoms with E-state index in [1.807, 2.05) is 35.2 Å². The number of imidazole rings is 1. The van der Waals surface area contributed by atoms with Crippen LogP contribution in [0.4, 0.5) is 0 Å². The normalized spacial score (nSPS) is 12.9. The van der Waals surface area contributed by atoms with E-state index in [-0.39, 0.29) is 6.04 Å². The zero-order chi connectivity index (χ0) is 14.1. The predicted molar refractivity (Wildman–Crippen MR) is 85.0 cm³/mol. The number of aromatic nitrogens is 2. The molecule has 1 unspecified atom stereocenters. The molecule has 0 fully saturated rings. The van der Waals surface area contributed by atoms with Gasteiger partial charge in [-0.05, 0) is 24.7 Å². The molecular weight excluding hydrogens is 313 g/mol.